The molecule has 1 heteroatoms. The first-order valence-electron chi connectivity index (χ1n) is 9.24. The van der Waals surface area contributed by atoms with Gasteiger partial charge in [-0.1, -0.05) is 79.1 Å². The molecule has 0 aliphatic rings. The van der Waals surface area contributed by atoms with Crippen LogP contribution in [-0.4, -0.2) is 5.78 Å². The van der Waals surface area contributed by atoms with Crippen LogP contribution in [0.2, 0.25) is 0 Å². The van der Waals surface area contributed by atoms with Gasteiger partial charge in [0.15, 0.2) is 0 Å². The fourth-order valence-corrected chi connectivity index (χ4v) is 3.06. The van der Waals surface area contributed by atoms with Crippen molar-refractivity contribution in [2.45, 2.75) is 105 Å². The van der Waals surface area contributed by atoms with Gasteiger partial charge >= 0.3 is 0 Å². The first kappa shape index (κ1) is 19.7. The Balaban J connectivity index is 4.10. The van der Waals surface area contributed by atoms with Crippen molar-refractivity contribution in [1.29, 1.82) is 0 Å². The number of carbonyl (C=O) groups is 1. The Kier molecular flexibility index (Phi) is 13.4. The van der Waals surface area contributed by atoms with E-state index in [1.807, 2.05) is 0 Å². The lowest BCUT2D eigenvalue weighted by Gasteiger charge is -2.20. The molecule has 0 heterocycles. The molecule has 0 radical (unpaired) electrons. The predicted octanol–water partition coefficient (Wildman–Crippen LogP) is 6.55. The van der Waals surface area contributed by atoms with Gasteiger partial charge in [-0.25, -0.2) is 0 Å². The van der Waals surface area contributed by atoms with Crippen LogP contribution >= 0.6 is 0 Å². The van der Waals surface area contributed by atoms with E-state index in [4.69, 9.17) is 0 Å². The maximum Gasteiger partial charge on any atom is 0.139 e. The van der Waals surface area contributed by atoms with E-state index < -0.39 is 0 Å². The number of unbranched alkanes of at least 4 members (excludes halogenated alkanes) is 6. The Labute approximate surface area is 127 Å². The summed E-state index contributed by atoms with van der Waals surface area (Å²) in [6.07, 6.45) is 14.6. The SMILES string of the molecule is CCCCCCC(CC)C(=O)C(CC)CCCCCC. The summed E-state index contributed by atoms with van der Waals surface area (Å²) >= 11 is 0. The number of carbonyl (C=O) groups excluding carboxylic acids is 1. The summed E-state index contributed by atoms with van der Waals surface area (Å²) in [5.41, 5.74) is 0. The lowest BCUT2D eigenvalue weighted by atomic mass is 9.83. The van der Waals surface area contributed by atoms with Crippen LogP contribution in [0.5, 0.6) is 0 Å². The van der Waals surface area contributed by atoms with E-state index in [1.54, 1.807) is 0 Å². The first-order chi connectivity index (χ1) is 9.71. The van der Waals surface area contributed by atoms with Gasteiger partial charge in [-0.05, 0) is 25.7 Å². The maximum atomic E-state index is 12.6. The van der Waals surface area contributed by atoms with Crippen molar-refractivity contribution in [2.75, 3.05) is 0 Å². The Morgan fingerprint density at radius 3 is 1.35 bits per heavy atom. The summed E-state index contributed by atoms with van der Waals surface area (Å²) in [6, 6.07) is 0. The molecule has 0 bridgehead atoms. The minimum absolute atomic E-state index is 0.336. The fourth-order valence-electron chi connectivity index (χ4n) is 3.06. The zero-order valence-electron chi connectivity index (χ0n) is 14.5. The van der Waals surface area contributed by atoms with Gasteiger partial charge in [0.2, 0.25) is 0 Å². The number of hydrogen-bond acceptors (Lipinski definition) is 1. The highest BCUT2D eigenvalue weighted by Gasteiger charge is 2.23. The van der Waals surface area contributed by atoms with Crippen LogP contribution in [0.15, 0.2) is 0 Å². The molecule has 0 aromatic carbocycles. The molecule has 0 aliphatic heterocycles. The molecule has 0 aromatic heterocycles. The van der Waals surface area contributed by atoms with E-state index in [-0.39, 0.29) is 0 Å². The second-order valence-corrected chi connectivity index (χ2v) is 6.31. The number of ketones is 1. The molecule has 0 N–H and O–H groups in total. The Bertz CT molecular complexity index is 200. The van der Waals surface area contributed by atoms with Crippen LogP contribution in [0.4, 0.5) is 0 Å². The van der Waals surface area contributed by atoms with Crippen molar-refractivity contribution in [2.24, 2.45) is 11.8 Å². The van der Waals surface area contributed by atoms with Crippen LogP contribution in [-0.2, 0) is 4.79 Å². The molecule has 0 fully saturated rings. The molecule has 0 saturated heterocycles. The number of Topliss-reactive ketones (excluding diaryl/α,β-unsaturated/α-hetero) is 1. The lowest BCUT2D eigenvalue weighted by molar-refractivity contribution is -0.127. The fraction of sp³-hybridized carbons (Fsp3) is 0.947. The van der Waals surface area contributed by atoms with Gasteiger partial charge in [-0.2, -0.15) is 0 Å². The molecule has 0 saturated carbocycles. The van der Waals surface area contributed by atoms with E-state index in [0.717, 1.165) is 25.7 Å². The molecule has 20 heavy (non-hydrogen) atoms. The molecule has 2 unspecified atom stereocenters. The summed E-state index contributed by atoms with van der Waals surface area (Å²) in [4.78, 5) is 12.6. The van der Waals surface area contributed by atoms with Crippen LogP contribution in [0.1, 0.15) is 105 Å². The van der Waals surface area contributed by atoms with Crippen molar-refractivity contribution >= 4 is 5.78 Å². The minimum atomic E-state index is 0.336. The number of rotatable bonds is 14. The topological polar surface area (TPSA) is 17.1 Å². The van der Waals surface area contributed by atoms with Gasteiger partial charge in [0.25, 0.3) is 0 Å². The third kappa shape index (κ3) is 8.76. The largest absolute Gasteiger partial charge is 0.299 e. The van der Waals surface area contributed by atoms with Gasteiger partial charge in [-0.3, -0.25) is 4.79 Å². The quantitative estimate of drug-likeness (QED) is 0.330. The molecule has 1 nitrogen and oxygen atoms in total. The monoisotopic (exact) mass is 282 g/mol. The molecular weight excluding hydrogens is 244 g/mol. The molecule has 0 aromatic rings. The Hall–Kier alpha value is -0.330. The van der Waals surface area contributed by atoms with Gasteiger partial charge in [0.1, 0.15) is 5.78 Å². The average Bonchev–Trinajstić information content (AvgIpc) is 2.47. The zero-order chi connectivity index (χ0) is 15.2. The number of hydrogen-bond donors (Lipinski definition) is 0. The second kappa shape index (κ2) is 13.6. The molecular formula is C19H38O. The molecule has 0 amide bonds. The second-order valence-electron chi connectivity index (χ2n) is 6.31. The third-order valence-corrected chi connectivity index (χ3v) is 4.60. The van der Waals surface area contributed by atoms with Gasteiger partial charge in [0, 0.05) is 11.8 Å². The van der Waals surface area contributed by atoms with Crippen LogP contribution in [0, 0.1) is 11.8 Å². The summed E-state index contributed by atoms with van der Waals surface area (Å²) < 4.78 is 0. The van der Waals surface area contributed by atoms with E-state index in [2.05, 4.69) is 27.7 Å². The summed E-state index contributed by atoms with van der Waals surface area (Å²) in [6.45, 7) is 8.86. The van der Waals surface area contributed by atoms with E-state index in [1.165, 1.54) is 51.4 Å². The lowest BCUT2D eigenvalue weighted by Crippen LogP contribution is -2.23. The molecule has 0 rings (SSSR count). The highest BCUT2D eigenvalue weighted by molar-refractivity contribution is 5.83. The van der Waals surface area contributed by atoms with E-state index in [0.29, 0.717) is 17.6 Å². The summed E-state index contributed by atoms with van der Waals surface area (Å²) in [5.74, 6) is 1.24. The maximum absolute atomic E-state index is 12.6. The summed E-state index contributed by atoms with van der Waals surface area (Å²) in [7, 11) is 0. The predicted molar refractivity (Wildman–Crippen MR) is 90.1 cm³/mol. The van der Waals surface area contributed by atoms with Crippen molar-refractivity contribution in [3.05, 3.63) is 0 Å². The summed E-state index contributed by atoms with van der Waals surface area (Å²) in [5, 5.41) is 0. The highest BCUT2D eigenvalue weighted by atomic mass is 16.1. The molecule has 2 atom stereocenters. The molecule has 0 aliphatic carbocycles. The van der Waals surface area contributed by atoms with Crippen molar-refractivity contribution < 1.29 is 4.79 Å². The van der Waals surface area contributed by atoms with E-state index >= 15 is 0 Å². The highest BCUT2D eigenvalue weighted by Crippen LogP contribution is 2.24. The Morgan fingerprint density at radius 2 is 1.05 bits per heavy atom. The normalized spacial score (nSPS) is 14.2. The average molecular weight is 283 g/mol. The smallest absolute Gasteiger partial charge is 0.139 e. The van der Waals surface area contributed by atoms with E-state index in [9.17, 15) is 4.79 Å². The van der Waals surface area contributed by atoms with Crippen molar-refractivity contribution in [3.8, 4) is 0 Å². The molecule has 0 spiro atoms. The minimum Gasteiger partial charge on any atom is -0.299 e. The third-order valence-electron chi connectivity index (χ3n) is 4.60. The van der Waals surface area contributed by atoms with Gasteiger partial charge < -0.3 is 0 Å². The van der Waals surface area contributed by atoms with Crippen molar-refractivity contribution in [3.63, 3.8) is 0 Å². The Morgan fingerprint density at radius 1 is 0.650 bits per heavy atom. The standard InChI is InChI=1S/C19H38O/c1-5-9-11-13-15-17(7-3)19(20)18(8-4)16-14-12-10-6-2/h17-18H,5-16H2,1-4H3. The van der Waals surface area contributed by atoms with Gasteiger partial charge in [-0.15, -0.1) is 0 Å². The van der Waals surface area contributed by atoms with Crippen molar-refractivity contribution in [1.82, 2.24) is 0 Å². The van der Waals surface area contributed by atoms with Crippen LogP contribution in [0.3, 0.4) is 0 Å². The zero-order valence-corrected chi connectivity index (χ0v) is 14.5. The molecule has 120 valence electrons. The van der Waals surface area contributed by atoms with Crippen LogP contribution in [0.25, 0.3) is 0 Å². The van der Waals surface area contributed by atoms with Gasteiger partial charge in [0.05, 0.1) is 0 Å². The first-order valence-corrected chi connectivity index (χ1v) is 9.24. The van der Waals surface area contributed by atoms with Crippen LogP contribution < -0.4 is 0 Å².